The summed E-state index contributed by atoms with van der Waals surface area (Å²) >= 11 is 0. The van der Waals surface area contributed by atoms with E-state index in [1.165, 1.54) is 23.7 Å². The van der Waals surface area contributed by atoms with Crippen LogP contribution in [0.25, 0.3) is 0 Å². The summed E-state index contributed by atoms with van der Waals surface area (Å²) in [5.41, 5.74) is 0. The summed E-state index contributed by atoms with van der Waals surface area (Å²) in [6.07, 6.45) is 9.62. The van der Waals surface area contributed by atoms with Crippen molar-refractivity contribution in [2.45, 2.75) is 38.5 Å². The molecular weight excluding hydrogens is 500 g/mol. The summed E-state index contributed by atoms with van der Waals surface area (Å²) in [5.74, 6) is 4.71. The largest absolute Gasteiger partial charge is 0.466 e. The van der Waals surface area contributed by atoms with Gasteiger partial charge in [-0.15, -0.1) is 0 Å². The van der Waals surface area contributed by atoms with Gasteiger partial charge in [-0.05, 0) is 62.2 Å². The molecule has 0 aromatic heterocycles. The predicted molar refractivity (Wildman–Crippen MR) is 98.7 cm³/mol. The number of hydrogen-bond acceptors (Lipinski definition) is 4. The van der Waals surface area contributed by atoms with Crippen LogP contribution < -0.4 is 0 Å². The molecule has 0 atom stereocenters. The van der Waals surface area contributed by atoms with Crippen molar-refractivity contribution in [3.63, 3.8) is 0 Å². The van der Waals surface area contributed by atoms with E-state index in [2.05, 4.69) is 0 Å². The van der Waals surface area contributed by atoms with Gasteiger partial charge in [0.25, 0.3) is 0 Å². The quantitative estimate of drug-likeness (QED) is 0.170. The first-order valence-corrected chi connectivity index (χ1v) is 14.3. The van der Waals surface area contributed by atoms with Gasteiger partial charge in [-0.25, -0.2) is 18.3 Å². The van der Waals surface area contributed by atoms with Crippen molar-refractivity contribution in [1.82, 2.24) is 0 Å². The highest BCUT2D eigenvalue weighted by Gasteiger charge is 2.41. The fraction of sp³-hybridized carbons (Fsp3) is 1.00. The molecule has 184 valence electrons. The molecule has 0 unspecified atom stereocenters. The molecule has 0 aliphatic heterocycles. The monoisotopic (exact) mass is 528 g/mol. The lowest BCUT2D eigenvalue weighted by Gasteiger charge is -2.49. The Balaban J connectivity index is 0. The summed E-state index contributed by atoms with van der Waals surface area (Å²) < 4.78 is 35.5. The summed E-state index contributed by atoms with van der Waals surface area (Å²) in [7, 11) is -18.6. The molecule has 4 aliphatic rings. The highest BCUT2D eigenvalue weighted by Crippen LogP contribution is 2.53. The van der Waals surface area contributed by atoms with Crippen molar-refractivity contribution in [1.29, 1.82) is 0 Å². The topological polar surface area (TPSA) is 311 Å². The van der Waals surface area contributed by atoms with E-state index in [0.29, 0.717) is 0 Å². The van der Waals surface area contributed by atoms with Crippen molar-refractivity contribution in [2.24, 2.45) is 23.7 Å². The van der Waals surface area contributed by atoms with Gasteiger partial charge >= 0.3 is 31.3 Å². The third-order valence-corrected chi connectivity index (χ3v) is 4.00. The van der Waals surface area contributed by atoms with Crippen molar-refractivity contribution < 1.29 is 77.0 Å². The molecule has 0 spiro atoms. The van der Waals surface area contributed by atoms with Gasteiger partial charge in [0.15, 0.2) is 0 Å². The van der Waals surface area contributed by atoms with Gasteiger partial charge < -0.3 is 58.7 Å². The predicted octanol–water partition coefficient (Wildman–Crippen LogP) is -0.882. The number of hydrogen-bond donors (Lipinski definition) is 12. The molecule has 12 N–H and O–H groups in total. The van der Waals surface area contributed by atoms with Crippen LogP contribution in [0.15, 0.2) is 0 Å². The van der Waals surface area contributed by atoms with Crippen LogP contribution in [0, 0.1) is 23.7 Å². The minimum absolute atomic E-state index is 1.18. The van der Waals surface area contributed by atoms with E-state index >= 15 is 0 Å². The van der Waals surface area contributed by atoms with Crippen LogP contribution in [-0.4, -0.2) is 58.7 Å². The lowest BCUT2D eigenvalue weighted by atomic mass is 9.56. The summed E-state index contributed by atoms with van der Waals surface area (Å²) in [5, 5.41) is 0. The van der Waals surface area contributed by atoms with E-state index in [9.17, 15) is 0 Å². The molecule has 0 aromatic rings. The maximum Gasteiger partial charge on any atom is 0.466 e. The third kappa shape index (κ3) is 35.9. The number of phosphoric acid groups is 4. The molecule has 16 nitrogen and oxygen atoms in total. The van der Waals surface area contributed by atoms with Gasteiger partial charge in [-0.3, -0.25) is 0 Å². The number of rotatable bonds is 0. The SMILES string of the molecule is C1C2CC3CC1CC(C2)C3.O=P(O)(O)O.O=P(O)(O)O.O=P(O)(O)O.O=P(O)(O)O. The fourth-order valence-corrected chi connectivity index (χ4v) is 3.98. The van der Waals surface area contributed by atoms with Crippen LogP contribution in [0.5, 0.6) is 0 Å². The Morgan fingerprint density at radius 2 is 0.400 bits per heavy atom. The Bertz CT molecular complexity index is 502. The molecule has 0 saturated heterocycles. The molecule has 20 heteroatoms. The second-order valence-electron chi connectivity index (χ2n) is 6.93. The highest BCUT2D eigenvalue weighted by atomic mass is 31.2. The molecule has 4 rings (SSSR count). The molecule has 4 fully saturated rings. The lowest BCUT2D eigenvalue weighted by Crippen LogP contribution is -2.38. The first kappa shape index (κ1) is 32.6. The average molecular weight is 528 g/mol. The molecule has 4 aliphatic carbocycles. The molecule has 4 bridgehead atoms. The van der Waals surface area contributed by atoms with Crippen molar-refractivity contribution in [3.05, 3.63) is 0 Å². The van der Waals surface area contributed by atoms with Crippen LogP contribution in [0.2, 0.25) is 0 Å². The van der Waals surface area contributed by atoms with E-state index in [4.69, 9.17) is 77.0 Å². The first-order valence-electron chi connectivity index (χ1n) is 8.03. The Morgan fingerprint density at radius 3 is 0.467 bits per heavy atom. The Hall–Kier alpha value is 0.440. The van der Waals surface area contributed by atoms with Gasteiger partial charge in [0, 0.05) is 0 Å². The van der Waals surface area contributed by atoms with Crippen LogP contribution in [-0.2, 0) is 18.3 Å². The molecule has 0 heterocycles. The zero-order valence-electron chi connectivity index (χ0n) is 15.3. The van der Waals surface area contributed by atoms with Gasteiger partial charge in [0.05, 0.1) is 0 Å². The van der Waals surface area contributed by atoms with Crippen molar-refractivity contribution in [2.75, 3.05) is 0 Å². The van der Waals surface area contributed by atoms with Crippen LogP contribution >= 0.6 is 31.3 Å². The third-order valence-electron chi connectivity index (χ3n) is 4.00. The fourth-order valence-electron chi connectivity index (χ4n) is 3.98. The van der Waals surface area contributed by atoms with Crippen LogP contribution in [0.4, 0.5) is 0 Å². The van der Waals surface area contributed by atoms with Gasteiger partial charge in [0.2, 0.25) is 0 Å². The maximum absolute atomic E-state index is 8.88. The molecule has 4 saturated carbocycles. The van der Waals surface area contributed by atoms with Gasteiger partial charge in [-0.1, -0.05) is 0 Å². The Morgan fingerprint density at radius 1 is 0.333 bits per heavy atom. The first-order chi connectivity index (χ1) is 12.9. The van der Waals surface area contributed by atoms with Crippen molar-refractivity contribution >= 4 is 31.3 Å². The molecule has 0 amide bonds. The van der Waals surface area contributed by atoms with Crippen LogP contribution in [0.3, 0.4) is 0 Å². The molecule has 0 radical (unpaired) electrons. The lowest BCUT2D eigenvalue weighted by molar-refractivity contribution is 0.0198. The molecular formula is C10H28O16P4. The second kappa shape index (κ2) is 13.2. The normalized spacial score (nSPS) is 27.1. The van der Waals surface area contributed by atoms with E-state index in [1.54, 1.807) is 38.5 Å². The maximum atomic E-state index is 8.88. The Kier molecular flexibility index (Phi) is 14.4. The van der Waals surface area contributed by atoms with E-state index in [-0.39, 0.29) is 0 Å². The molecule has 30 heavy (non-hydrogen) atoms. The van der Waals surface area contributed by atoms with E-state index < -0.39 is 31.3 Å². The van der Waals surface area contributed by atoms with E-state index in [1.807, 2.05) is 0 Å². The average Bonchev–Trinajstić information content (AvgIpc) is 2.27. The summed E-state index contributed by atoms with van der Waals surface area (Å²) in [6, 6.07) is 0. The Labute approximate surface area is 171 Å². The standard InChI is InChI=1S/C10H16.4H3O4P/c1-7-2-9-4-8(1)5-10(3-7)6-9;4*1-5(2,3)4/h7-10H,1-6H2;4*(H3,1,2,3,4). The minimum Gasteiger partial charge on any atom is -0.303 e. The second-order valence-corrected chi connectivity index (χ2v) is 11.0. The van der Waals surface area contributed by atoms with E-state index in [0.717, 1.165) is 0 Å². The zero-order chi connectivity index (χ0) is 24.6. The highest BCUT2D eigenvalue weighted by molar-refractivity contribution is 7.45. The molecule has 0 aromatic carbocycles. The van der Waals surface area contributed by atoms with Crippen LogP contribution in [0.1, 0.15) is 38.5 Å². The zero-order valence-corrected chi connectivity index (χ0v) is 18.9. The summed E-state index contributed by atoms with van der Waals surface area (Å²) in [4.78, 5) is 86.2. The van der Waals surface area contributed by atoms with Gasteiger partial charge in [0.1, 0.15) is 0 Å². The van der Waals surface area contributed by atoms with Gasteiger partial charge in [-0.2, -0.15) is 0 Å². The minimum atomic E-state index is -4.64. The van der Waals surface area contributed by atoms with Crippen molar-refractivity contribution in [3.8, 4) is 0 Å². The smallest absolute Gasteiger partial charge is 0.303 e. The summed E-state index contributed by atoms with van der Waals surface area (Å²) in [6.45, 7) is 0.